The Morgan fingerprint density at radius 3 is 2.38 bits per heavy atom. The Balaban J connectivity index is 0.00000128. The average molecular weight is 217 g/mol. The SMILES string of the molecule is Cc1nc(C)c2cnccc2c1C(C)C.N. The first kappa shape index (κ1) is 12.6. The molecule has 2 heterocycles. The van der Waals surface area contributed by atoms with Crippen LogP contribution >= 0.6 is 0 Å². The largest absolute Gasteiger partial charge is 0.344 e. The van der Waals surface area contributed by atoms with Crippen LogP contribution in [0.15, 0.2) is 18.5 Å². The van der Waals surface area contributed by atoms with E-state index in [0.29, 0.717) is 5.92 Å². The topological polar surface area (TPSA) is 60.8 Å². The van der Waals surface area contributed by atoms with Gasteiger partial charge in [-0.15, -0.1) is 0 Å². The minimum absolute atomic E-state index is 0. The van der Waals surface area contributed by atoms with Crippen molar-refractivity contribution in [1.29, 1.82) is 0 Å². The van der Waals surface area contributed by atoms with Crippen molar-refractivity contribution in [2.24, 2.45) is 0 Å². The van der Waals surface area contributed by atoms with Gasteiger partial charge in [0.1, 0.15) is 0 Å². The van der Waals surface area contributed by atoms with Gasteiger partial charge >= 0.3 is 0 Å². The highest BCUT2D eigenvalue weighted by Crippen LogP contribution is 2.28. The Morgan fingerprint density at radius 1 is 1.06 bits per heavy atom. The number of pyridine rings is 2. The second kappa shape index (κ2) is 4.58. The second-order valence-corrected chi connectivity index (χ2v) is 4.27. The molecule has 0 aliphatic carbocycles. The maximum absolute atomic E-state index is 4.58. The number of hydrogen-bond donors (Lipinski definition) is 1. The molecule has 0 spiro atoms. The van der Waals surface area contributed by atoms with Crippen LogP contribution in [-0.2, 0) is 0 Å². The summed E-state index contributed by atoms with van der Waals surface area (Å²) < 4.78 is 0. The van der Waals surface area contributed by atoms with Crippen LogP contribution in [0.5, 0.6) is 0 Å². The predicted molar refractivity (Wildman–Crippen MR) is 68.1 cm³/mol. The van der Waals surface area contributed by atoms with Gasteiger partial charge in [0.2, 0.25) is 0 Å². The molecule has 0 aromatic carbocycles. The highest BCUT2D eigenvalue weighted by atomic mass is 14.7. The molecule has 2 rings (SSSR count). The first-order chi connectivity index (χ1) is 7.11. The Hall–Kier alpha value is -1.48. The highest BCUT2D eigenvalue weighted by molar-refractivity contribution is 5.87. The van der Waals surface area contributed by atoms with E-state index in [-0.39, 0.29) is 6.15 Å². The fourth-order valence-electron chi connectivity index (χ4n) is 2.21. The normalized spacial score (nSPS) is 10.6. The molecule has 0 amide bonds. The number of aromatic nitrogens is 2. The average Bonchev–Trinajstić information content (AvgIpc) is 2.17. The molecule has 0 radical (unpaired) electrons. The number of hydrogen-bond acceptors (Lipinski definition) is 3. The van der Waals surface area contributed by atoms with Crippen LogP contribution in [-0.4, -0.2) is 9.97 Å². The molecule has 0 bridgehead atoms. The molecule has 3 heteroatoms. The van der Waals surface area contributed by atoms with Crippen LogP contribution in [0.2, 0.25) is 0 Å². The van der Waals surface area contributed by atoms with Crippen LogP contribution in [0.4, 0.5) is 0 Å². The molecule has 0 unspecified atom stereocenters. The van der Waals surface area contributed by atoms with E-state index in [2.05, 4.69) is 36.8 Å². The predicted octanol–water partition coefficient (Wildman–Crippen LogP) is 3.53. The van der Waals surface area contributed by atoms with Crippen molar-refractivity contribution in [3.05, 3.63) is 35.4 Å². The summed E-state index contributed by atoms with van der Waals surface area (Å²) in [6.07, 6.45) is 3.76. The fraction of sp³-hybridized carbons (Fsp3) is 0.385. The molecule has 0 atom stereocenters. The second-order valence-electron chi connectivity index (χ2n) is 4.27. The van der Waals surface area contributed by atoms with Crippen LogP contribution in [0.1, 0.15) is 36.7 Å². The summed E-state index contributed by atoms with van der Waals surface area (Å²) in [7, 11) is 0. The quantitative estimate of drug-likeness (QED) is 0.794. The van der Waals surface area contributed by atoms with E-state index in [9.17, 15) is 0 Å². The molecule has 2 aromatic rings. The van der Waals surface area contributed by atoms with Gasteiger partial charge in [0.15, 0.2) is 0 Å². The first-order valence-corrected chi connectivity index (χ1v) is 5.32. The molecular formula is C13H19N3. The zero-order valence-corrected chi connectivity index (χ0v) is 10.4. The van der Waals surface area contributed by atoms with Crippen molar-refractivity contribution in [3.8, 4) is 0 Å². The number of rotatable bonds is 1. The first-order valence-electron chi connectivity index (χ1n) is 5.32. The van der Waals surface area contributed by atoms with Gasteiger partial charge in [0, 0.05) is 29.2 Å². The number of aryl methyl sites for hydroxylation is 2. The van der Waals surface area contributed by atoms with Crippen LogP contribution in [0.3, 0.4) is 0 Å². The van der Waals surface area contributed by atoms with Crippen molar-refractivity contribution < 1.29 is 0 Å². The Kier molecular flexibility index (Phi) is 3.60. The zero-order chi connectivity index (χ0) is 11.0. The standard InChI is InChI=1S/C13H16N2.H3N/c1-8(2)13-10(4)15-9(3)12-7-14-6-5-11(12)13;/h5-8H,1-4H3;1H3. The van der Waals surface area contributed by atoms with Gasteiger partial charge in [0.05, 0.1) is 0 Å². The molecule has 3 N–H and O–H groups in total. The lowest BCUT2D eigenvalue weighted by Gasteiger charge is -2.14. The summed E-state index contributed by atoms with van der Waals surface area (Å²) in [5, 5.41) is 2.47. The minimum Gasteiger partial charge on any atom is -0.344 e. The lowest BCUT2D eigenvalue weighted by Crippen LogP contribution is -1.99. The monoisotopic (exact) mass is 217 g/mol. The van der Waals surface area contributed by atoms with Gasteiger partial charge in [0.25, 0.3) is 0 Å². The molecule has 16 heavy (non-hydrogen) atoms. The van der Waals surface area contributed by atoms with Gasteiger partial charge in [-0.1, -0.05) is 13.8 Å². The van der Waals surface area contributed by atoms with E-state index >= 15 is 0 Å². The van der Waals surface area contributed by atoms with E-state index in [1.54, 1.807) is 0 Å². The molecule has 0 aliphatic heterocycles. The highest BCUT2D eigenvalue weighted by Gasteiger charge is 2.11. The van der Waals surface area contributed by atoms with E-state index in [0.717, 1.165) is 11.4 Å². The smallest absolute Gasteiger partial charge is 0.0469 e. The summed E-state index contributed by atoms with van der Waals surface area (Å²) in [5.41, 5.74) is 3.55. The zero-order valence-electron chi connectivity index (χ0n) is 10.4. The van der Waals surface area contributed by atoms with Crippen molar-refractivity contribution in [3.63, 3.8) is 0 Å². The molecule has 86 valence electrons. The fourth-order valence-corrected chi connectivity index (χ4v) is 2.21. The van der Waals surface area contributed by atoms with Gasteiger partial charge in [-0.3, -0.25) is 9.97 Å². The van der Waals surface area contributed by atoms with Crippen molar-refractivity contribution >= 4 is 10.8 Å². The van der Waals surface area contributed by atoms with E-state index in [1.165, 1.54) is 16.3 Å². The minimum atomic E-state index is 0. The number of nitrogens with zero attached hydrogens (tertiary/aromatic N) is 2. The third kappa shape index (κ3) is 1.91. The molecule has 0 aliphatic rings. The Labute approximate surface area is 96.5 Å². The summed E-state index contributed by atoms with van der Waals surface area (Å²) in [5.74, 6) is 0.503. The van der Waals surface area contributed by atoms with Gasteiger partial charge in [-0.05, 0) is 36.8 Å². The van der Waals surface area contributed by atoms with Crippen LogP contribution in [0.25, 0.3) is 10.8 Å². The van der Waals surface area contributed by atoms with Gasteiger partial charge < -0.3 is 6.15 Å². The molecule has 3 nitrogen and oxygen atoms in total. The van der Waals surface area contributed by atoms with Crippen molar-refractivity contribution in [1.82, 2.24) is 16.1 Å². The lowest BCUT2D eigenvalue weighted by molar-refractivity contribution is 0.851. The summed E-state index contributed by atoms with van der Waals surface area (Å²) in [4.78, 5) is 8.75. The summed E-state index contributed by atoms with van der Waals surface area (Å²) in [6, 6.07) is 2.09. The third-order valence-corrected chi connectivity index (χ3v) is 2.80. The van der Waals surface area contributed by atoms with Crippen LogP contribution in [0, 0.1) is 13.8 Å². The summed E-state index contributed by atoms with van der Waals surface area (Å²) in [6.45, 7) is 8.54. The van der Waals surface area contributed by atoms with Gasteiger partial charge in [-0.2, -0.15) is 0 Å². The van der Waals surface area contributed by atoms with E-state index in [4.69, 9.17) is 0 Å². The Morgan fingerprint density at radius 2 is 1.75 bits per heavy atom. The Bertz CT molecular complexity index is 504. The maximum atomic E-state index is 4.58. The lowest BCUT2D eigenvalue weighted by atomic mass is 9.95. The molecule has 0 fully saturated rings. The molecule has 2 aromatic heterocycles. The maximum Gasteiger partial charge on any atom is 0.0469 e. The van der Waals surface area contributed by atoms with Crippen molar-refractivity contribution in [2.75, 3.05) is 0 Å². The van der Waals surface area contributed by atoms with E-state index < -0.39 is 0 Å². The van der Waals surface area contributed by atoms with Crippen LogP contribution < -0.4 is 6.15 Å². The number of fused-ring (bicyclic) bond motifs is 1. The van der Waals surface area contributed by atoms with Gasteiger partial charge in [-0.25, -0.2) is 0 Å². The van der Waals surface area contributed by atoms with E-state index in [1.807, 2.05) is 19.3 Å². The molecule has 0 saturated carbocycles. The molecule has 0 saturated heterocycles. The third-order valence-electron chi connectivity index (χ3n) is 2.80. The molecular weight excluding hydrogens is 198 g/mol. The summed E-state index contributed by atoms with van der Waals surface area (Å²) >= 11 is 0. The van der Waals surface area contributed by atoms with Crippen molar-refractivity contribution in [2.45, 2.75) is 33.6 Å².